The minimum absolute atomic E-state index is 0.659. The van der Waals surface area contributed by atoms with Crippen molar-refractivity contribution in [3.8, 4) is 34.2 Å². The molecule has 0 aliphatic rings. The highest BCUT2D eigenvalue weighted by Gasteiger charge is 2.20. The lowest BCUT2D eigenvalue weighted by Gasteiger charge is -2.12. The van der Waals surface area contributed by atoms with Gasteiger partial charge in [0.1, 0.15) is 17.0 Å². The minimum atomic E-state index is 0.659. The monoisotopic (exact) mass is 652 g/mol. The zero-order valence-electron chi connectivity index (χ0n) is 27.4. The molecule has 0 fully saturated rings. The SMILES string of the molecule is c1ccc(-c2cc(-n3c4ccccc4c4cc5c(cc43)c3ccccc3n5-c3ccccc3)nc(-c3ccc4oc5ccccc5c4c3)n2)cc1. The van der Waals surface area contributed by atoms with Gasteiger partial charge in [-0.15, -0.1) is 0 Å². The summed E-state index contributed by atoms with van der Waals surface area (Å²) < 4.78 is 10.8. The number of para-hydroxylation sites is 4. The fourth-order valence-electron chi connectivity index (χ4n) is 7.83. The second-order valence-electron chi connectivity index (χ2n) is 13.0. The largest absolute Gasteiger partial charge is 0.456 e. The fourth-order valence-corrected chi connectivity index (χ4v) is 7.83. The topological polar surface area (TPSA) is 48.8 Å². The molecule has 4 aromatic heterocycles. The Morgan fingerprint density at radius 3 is 1.71 bits per heavy atom. The number of benzene rings is 7. The molecule has 0 unspecified atom stereocenters. The van der Waals surface area contributed by atoms with Gasteiger partial charge in [0.2, 0.25) is 0 Å². The van der Waals surface area contributed by atoms with Crippen LogP contribution in [0.15, 0.2) is 174 Å². The molecule has 0 saturated carbocycles. The highest BCUT2D eigenvalue weighted by molar-refractivity contribution is 6.19. The van der Waals surface area contributed by atoms with E-state index in [1.54, 1.807) is 0 Å². The number of fused-ring (bicyclic) bond motifs is 9. The first-order chi connectivity index (χ1) is 25.3. The summed E-state index contributed by atoms with van der Waals surface area (Å²) in [5, 5.41) is 6.88. The van der Waals surface area contributed by atoms with Crippen molar-refractivity contribution in [2.45, 2.75) is 0 Å². The third-order valence-corrected chi connectivity index (χ3v) is 10.1. The predicted octanol–water partition coefficient (Wildman–Crippen LogP) is 11.9. The van der Waals surface area contributed by atoms with Gasteiger partial charge in [-0.25, -0.2) is 9.97 Å². The molecule has 11 aromatic rings. The molecule has 0 aliphatic heterocycles. The van der Waals surface area contributed by atoms with Crippen LogP contribution in [0.1, 0.15) is 0 Å². The lowest BCUT2D eigenvalue weighted by atomic mass is 10.1. The number of aromatic nitrogens is 4. The molecule has 0 saturated heterocycles. The zero-order valence-corrected chi connectivity index (χ0v) is 27.4. The van der Waals surface area contributed by atoms with Crippen molar-refractivity contribution in [3.63, 3.8) is 0 Å². The van der Waals surface area contributed by atoms with Crippen LogP contribution < -0.4 is 0 Å². The molecule has 7 aromatic carbocycles. The Labute approximate surface area is 292 Å². The van der Waals surface area contributed by atoms with Gasteiger partial charge in [-0.2, -0.15) is 0 Å². The molecular formula is C46H28N4O. The van der Waals surface area contributed by atoms with Gasteiger partial charge in [0.25, 0.3) is 0 Å². The van der Waals surface area contributed by atoms with Crippen LogP contribution in [0.5, 0.6) is 0 Å². The summed E-state index contributed by atoms with van der Waals surface area (Å²) in [5.41, 5.74) is 10.2. The average Bonchev–Trinajstić information content (AvgIpc) is 3.84. The summed E-state index contributed by atoms with van der Waals surface area (Å²) in [5.74, 6) is 1.47. The quantitative estimate of drug-likeness (QED) is 0.190. The first-order valence-corrected chi connectivity index (χ1v) is 17.2. The van der Waals surface area contributed by atoms with Crippen molar-refractivity contribution in [1.82, 2.24) is 19.1 Å². The predicted molar refractivity (Wildman–Crippen MR) is 209 cm³/mol. The van der Waals surface area contributed by atoms with E-state index < -0.39 is 0 Å². The first kappa shape index (κ1) is 27.9. The molecule has 5 nitrogen and oxygen atoms in total. The number of furan rings is 1. The van der Waals surface area contributed by atoms with Crippen molar-refractivity contribution in [2.75, 3.05) is 0 Å². The molecule has 0 bridgehead atoms. The third-order valence-electron chi connectivity index (χ3n) is 10.1. The summed E-state index contributed by atoms with van der Waals surface area (Å²) in [6.07, 6.45) is 0. The van der Waals surface area contributed by atoms with E-state index in [9.17, 15) is 0 Å². The van der Waals surface area contributed by atoms with Crippen LogP contribution in [0.3, 0.4) is 0 Å². The lowest BCUT2D eigenvalue weighted by Crippen LogP contribution is -2.02. The average molecular weight is 653 g/mol. The molecule has 4 heterocycles. The summed E-state index contributed by atoms with van der Waals surface area (Å²) in [6.45, 7) is 0. The van der Waals surface area contributed by atoms with Gasteiger partial charge in [0.15, 0.2) is 5.82 Å². The lowest BCUT2D eigenvalue weighted by molar-refractivity contribution is 0.669. The molecule has 0 spiro atoms. The summed E-state index contributed by atoms with van der Waals surface area (Å²) >= 11 is 0. The van der Waals surface area contributed by atoms with E-state index in [0.29, 0.717) is 5.82 Å². The van der Waals surface area contributed by atoms with Crippen LogP contribution in [0.25, 0.3) is 99.7 Å². The summed E-state index contributed by atoms with van der Waals surface area (Å²) in [7, 11) is 0. The molecule has 0 atom stereocenters. The van der Waals surface area contributed by atoms with E-state index in [-0.39, 0.29) is 0 Å². The third kappa shape index (κ3) is 4.22. The van der Waals surface area contributed by atoms with Crippen molar-refractivity contribution < 1.29 is 4.42 Å². The summed E-state index contributed by atoms with van der Waals surface area (Å²) in [6, 6.07) is 59.5. The Kier molecular flexibility index (Phi) is 5.89. The Hall–Kier alpha value is -6.98. The molecule has 0 N–H and O–H groups in total. The van der Waals surface area contributed by atoms with Gasteiger partial charge < -0.3 is 8.98 Å². The summed E-state index contributed by atoms with van der Waals surface area (Å²) in [4.78, 5) is 10.5. The second kappa shape index (κ2) is 10.8. The van der Waals surface area contributed by atoms with Gasteiger partial charge in [0.05, 0.1) is 27.8 Å². The zero-order chi connectivity index (χ0) is 33.5. The van der Waals surface area contributed by atoms with Crippen molar-refractivity contribution in [3.05, 3.63) is 170 Å². The normalized spacial score (nSPS) is 11.9. The van der Waals surface area contributed by atoms with Gasteiger partial charge in [-0.3, -0.25) is 4.57 Å². The van der Waals surface area contributed by atoms with Crippen LogP contribution in [-0.4, -0.2) is 19.1 Å². The Bertz CT molecular complexity index is 3130. The van der Waals surface area contributed by atoms with E-state index in [2.05, 4.69) is 149 Å². The van der Waals surface area contributed by atoms with Gasteiger partial charge in [-0.1, -0.05) is 103 Å². The minimum Gasteiger partial charge on any atom is -0.456 e. The van der Waals surface area contributed by atoms with Crippen LogP contribution in [0.2, 0.25) is 0 Å². The standard InChI is InChI=1S/C46H28N4O/c1-3-13-29(14-4-1)38-28-45(48-46(47-38)30-23-24-44-37(25-30)34-19-9-12-22-43(34)51-44)50-40-21-11-8-18-33(40)36-26-41-35(27-42(36)50)32-17-7-10-20-39(32)49(41)31-15-5-2-6-16-31/h1-28H. The second-order valence-corrected chi connectivity index (χ2v) is 13.0. The Morgan fingerprint density at radius 2 is 0.961 bits per heavy atom. The van der Waals surface area contributed by atoms with Gasteiger partial charge >= 0.3 is 0 Å². The highest BCUT2D eigenvalue weighted by atomic mass is 16.3. The van der Waals surface area contributed by atoms with E-state index in [1.807, 2.05) is 30.3 Å². The molecule has 11 rings (SSSR count). The molecule has 0 radical (unpaired) electrons. The maximum atomic E-state index is 6.16. The van der Waals surface area contributed by atoms with Crippen LogP contribution in [-0.2, 0) is 0 Å². The molecule has 5 heteroatoms. The van der Waals surface area contributed by atoms with Crippen LogP contribution in [0.4, 0.5) is 0 Å². The number of nitrogens with zero attached hydrogens (tertiary/aromatic N) is 4. The van der Waals surface area contributed by atoms with Crippen LogP contribution >= 0.6 is 0 Å². The molecular weight excluding hydrogens is 625 g/mol. The Balaban J connectivity index is 1.22. The molecule has 0 amide bonds. The van der Waals surface area contributed by atoms with E-state index in [1.165, 1.54) is 32.6 Å². The van der Waals surface area contributed by atoms with E-state index in [4.69, 9.17) is 14.4 Å². The van der Waals surface area contributed by atoms with Gasteiger partial charge in [-0.05, 0) is 60.7 Å². The maximum Gasteiger partial charge on any atom is 0.162 e. The van der Waals surface area contributed by atoms with Crippen molar-refractivity contribution >= 4 is 65.6 Å². The van der Waals surface area contributed by atoms with Crippen molar-refractivity contribution in [1.29, 1.82) is 0 Å². The smallest absolute Gasteiger partial charge is 0.162 e. The van der Waals surface area contributed by atoms with Crippen molar-refractivity contribution in [2.24, 2.45) is 0 Å². The van der Waals surface area contributed by atoms with E-state index in [0.717, 1.165) is 61.3 Å². The van der Waals surface area contributed by atoms with Gasteiger partial charge in [0, 0.05) is 55.2 Å². The fraction of sp³-hybridized carbons (Fsp3) is 0. The van der Waals surface area contributed by atoms with Crippen LogP contribution in [0, 0.1) is 0 Å². The number of hydrogen-bond acceptors (Lipinski definition) is 3. The number of hydrogen-bond donors (Lipinski definition) is 0. The first-order valence-electron chi connectivity index (χ1n) is 17.2. The highest BCUT2D eigenvalue weighted by Crippen LogP contribution is 2.40. The molecule has 0 aliphatic carbocycles. The molecule has 238 valence electrons. The Morgan fingerprint density at radius 1 is 0.373 bits per heavy atom. The molecule has 51 heavy (non-hydrogen) atoms. The number of rotatable bonds is 4. The maximum absolute atomic E-state index is 6.16. The van der Waals surface area contributed by atoms with E-state index >= 15 is 0 Å².